The van der Waals surface area contributed by atoms with Crippen LogP contribution in [-0.2, 0) is 6.42 Å². The Morgan fingerprint density at radius 2 is 2.12 bits per heavy atom. The van der Waals surface area contributed by atoms with Gasteiger partial charge in [-0.05, 0) is 25.0 Å². The maximum atomic E-state index is 5.49. The Bertz CT molecular complexity index is 508. The van der Waals surface area contributed by atoms with Crippen LogP contribution in [0.25, 0.3) is 10.9 Å². The number of fused-ring (bicyclic) bond motifs is 1. The Hall–Kier alpha value is -1.68. The molecule has 0 spiro atoms. The zero-order valence-corrected chi connectivity index (χ0v) is 9.62. The van der Waals surface area contributed by atoms with E-state index in [9.17, 15) is 0 Å². The van der Waals surface area contributed by atoms with Crippen molar-refractivity contribution in [3.63, 3.8) is 0 Å². The fraction of sp³-hybridized carbons (Fsp3) is 0.333. The first-order valence-corrected chi connectivity index (χ1v) is 5.49. The van der Waals surface area contributed by atoms with E-state index in [1.54, 1.807) is 0 Å². The average Bonchev–Trinajstić information content (AvgIpc) is 2.30. The Balaban J connectivity index is 2.69. The van der Waals surface area contributed by atoms with Gasteiger partial charge in [0.05, 0.1) is 5.52 Å². The van der Waals surface area contributed by atoms with E-state index in [1.165, 1.54) is 0 Å². The minimum atomic E-state index is 0.706. The molecule has 0 saturated heterocycles. The van der Waals surface area contributed by atoms with Crippen LogP contribution in [0, 0.1) is 6.92 Å². The highest BCUT2D eigenvalue weighted by Crippen LogP contribution is 2.22. The summed E-state index contributed by atoms with van der Waals surface area (Å²) in [6, 6.07) is 6.01. The highest BCUT2D eigenvalue weighted by molar-refractivity contribution is 5.90. The van der Waals surface area contributed by atoms with Crippen LogP contribution in [0.3, 0.4) is 0 Å². The summed E-state index contributed by atoms with van der Waals surface area (Å²) < 4.78 is 0. The van der Waals surface area contributed by atoms with Crippen molar-refractivity contribution in [3.05, 3.63) is 29.6 Å². The summed E-state index contributed by atoms with van der Waals surface area (Å²) in [6.07, 6.45) is 1.90. The zero-order valence-electron chi connectivity index (χ0n) is 9.62. The predicted molar refractivity (Wildman–Crippen MR) is 66.1 cm³/mol. The lowest BCUT2D eigenvalue weighted by atomic mass is 10.1. The van der Waals surface area contributed by atoms with Crippen molar-refractivity contribution in [1.29, 1.82) is 0 Å². The van der Waals surface area contributed by atoms with Crippen LogP contribution < -0.4 is 11.3 Å². The summed E-state index contributed by atoms with van der Waals surface area (Å²) in [5, 5.41) is 0.974. The quantitative estimate of drug-likeness (QED) is 0.609. The number of anilines is 1. The average molecular weight is 216 g/mol. The summed E-state index contributed by atoms with van der Waals surface area (Å²) >= 11 is 0. The molecule has 0 bridgehead atoms. The van der Waals surface area contributed by atoms with Gasteiger partial charge in [0.15, 0.2) is 5.82 Å². The highest BCUT2D eigenvalue weighted by atomic mass is 15.3. The molecule has 2 aromatic rings. The minimum absolute atomic E-state index is 0.706. The van der Waals surface area contributed by atoms with Crippen LogP contribution in [0.5, 0.6) is 0 Å². The molecule has 4 heteroatoms. The number of hydrazine groups is 1. The minimum Gasteiger partial charge on any atom is -0.308 e. The molecule has 1 aromatic heterocycles. The van der Waals surface area contributed by atoms with Crippen molar-refractivity contribution < 1.29 is 0 Å². The van der Waals surface area contributed by atoms with Crippen molar-refractivity contribution in [2.75, 3.05) is 5.43 Å². The normalized spacial score (nSPS) is 10.7. The number of hydrogen-bond acceptors (Lipinski definition) is 4. The van der Waals surface area contributed by atoms with Gasteiger partial charge in [-0.15, -0.1) is 0 Å². The second-order valence-corrected chi connectivity index (χ2v) is 3.85. The molecule has 16 heavy (non-hydrogen) atoms. The van der Waals surface area contributed by atoms with E-state index >= 15 is 0 Å². The van der Waals surface area contributed by atoms with Gasteiger partial charge in [0.1, 0.15) is 5.82 Å². The number of benzene rings is 1. The number of rotatable bonds is 3. The molecule has 0 unspecified atom stereocenters. The third kappa shape index (κ3) is 1.84. The first-order chi connectivity index (χ1) is 7.76. The molecule has 0 aliphatic heterocycles. The maximum Gasteiger partial charge on any atom is 0.151 e. The molecule has 0 aliphatic rings. The summed E-state index contributed by atoms with van der Waals surface area (Å²) in [5.41, 5.74) is 4.77. The van der Waals surface area contributed by atoms with Gasteiger partial charge in [-0.25, -0.2) is 15.8 Å². The number of nitrogens with zero attached hydrogens (tertiary/aromatic N) is 2. The van der Waals surface area contributed by atoms with Gasteiger partial charge >= 0.3 is 0 Å². The molecule has 0 amide bonds. The standard InChI is InChI=1S/C12H16N4/c1-3-5-10-14-11-8(2)6-4-7-9(11)12(15-10)16-13/h4,6-7H,3,5,13H2,1-2H3,(H,14,15,16). The molecule has 3 N–H and O–H groups in total. The molecule has 4 nitrogen and oxygen atoms in total. The van der Waals surface area contributed by atoms with Gasteiger partial charge in [0, 0.05) is 11.8 Å². The van der Waals surface area contributed by atoms with Crippen LogP contribution in [0.2, 0.25) is 0 Å². The fourth-order valence-corrected chi connectivity index (χ4v) is 1.79. The topological polar surface area (TPSA) is 63.8 Å². The Kier molecular flexibility index (Phi) is 3.01. The summed E-state index contributed by atoms with van der Waals surface area (Å²) in [4.78, 5) is 8.97. The molecule has 2 rings (SSSR count). The van der Waals surface area contributed by atoms with E-state index in [0.29, 0.717) is 5.82 Å². The zero-order chi connectivity index (χ0) is 11.5. The van der Waals surface area contributed by atoms with Gasteiger partial charge in [0.25, 0.3) is 0 Å². The van der Waals surface area contributed by atoms with Gasteiger partial charge < -0.3 is 5.43 Å². The third-order valence-electron chi connectivity index (χ3n) is 2.58. The Morgan fingerprint density at radius 3 is 2.81 bits per heavy atom. The van der Waals surface area contributed by atoms with E-state index in [4.69, 9.17) is 5.84 Å². The highest BCUT2D eigenvalue weighted by Gasteiger charge is 2.07. The lowest BCUT2D eigenvalue weighted by Gasteiger charge is -2.08. The third-order valence-corrected chi connectivity index (χ3v) is 2.58. The second-order valence-electron chi connectivity index (χ2n) is 3.85. The van der Waals surface area contributed by atoms with Gasteiger partial charge in [0.2, 0.25) is 0 Å². The number of nitrogen functional groups attached to an aromatic ring is 1. The second kappa shape index (κ2) is 4.45. The number of para-hydroxylation sites is 1. The maximum absolute atomic E-state index is 5.49. The summed E-state index contributed by atoms with van der Waals surface area (Å²) in [5.74, 6) is 7.04. The van der Waals surface area contributed by atoms with Crippen LogP contribution >= 0.6 is 0 Å². The molecule has 0 radical (unpaired) electrons. The fourth-order valence-electron chi connectivity index (χ4n) is 1.79. The van der Waals surface area contributed by atoms with Crippen molar-refractivity contribution >= 4 is 16.7 Å². The molecule has 1 aromatic carbocycles. The van der Waals surface area contributed by atoms with Crippen molar-refractivity contribution in [2.24, 2.45) is 5.84 Å². The smallest absolute Gasteiger partial charge is 0.151 e. The van der Waals surface area contributed by atoms with Crippen molar-refractivity contribution in [2.45, 2.75) is 26.7 Å². The number of nitrogens with one attached hydrogen (secondary N) is 1. The largest absolute Gasteiger partial charge is 0.308 e. The van der Waals surface area contributed by atoms with E-state index in [2.05, 4.69) is 22.3 Å². The van der Waals surface area contributed by atoms with Crippen LogP contribution in [0.1, 0.15) is 24.7 Å². The molecular weight excluding hydrogens is 200 g/mol. The number of hydrogen-bond donors (Lipinski definition) is 2. The predicted octanol–water partition coefficient (Wildman–Crippen LogP) is 2.18. The van der Waals surface area contributed by atoms with Crippen LogP contribution in [-0.4, -0.2) is 9.97 Å². The lowest BCUT2D eigenvalue weighted by Crippen LogP contribution is -2.11. The number of nitrogens with two attached hydrogens (primary N) is 1. The van der Waals surface area contributed by atoms with Crippen molar-refractivity contribution in [1.82, 2.24) is 9.97 Å². The molecule has 0 saturated carbocycles. The molecular formula is C12H16N4. The molecule has 0 aliphatic carbocycles. The van der Waals surface area contributed by atoms with E-state index in [0.717, 1.165) is 35.1 Å². The number of aromatic nitrogens is 2. The van der Waals surface area contributed by atoms with Crippen LogP contribution in [0.4, 0.5) is 5.82 Å². The monoisotopic (exact) mass is 216 g/mol. The van der Waals surface area contributed by atoms with Crippen molar-refractivity contribution in [3.8, 4) is 0 Å². The van der Waals surface area contributed by atoms with E-state index < -0.39 is 0 Å². The first-order valence-electron chi connectivity index (χ1n) is 5.49. The molecule has 1 heterocycles. The van der Waals surface area contributed by atoms with E-state index in [-0.39, 0.29) is 0 Å². The summed E-state index contributed by atoms with van der Waals surface area (Å²) in [7, 11) is 0. The molecule has 0 atom stereocenters. The van der Waals surface area contributed by atoms with Gasteiger partial charge in [-0.1, -0.05) is 19.1 Å². The summed E-state index contributed by atoms with van der Waals surface area (Å²) in [6.45, 7) is 4.16. The number of aryl methyl sites for hydroxylation is 2. The van der Waals surface area contributed by atoms with Gasteiger partial charge in [-0.3, -0.25) is 0 Å². The Labute approximate surface area is 94.9 Å². The Morgan fingerprint density at radius 1 is 1.31 bits per heavy atom. The lowest BCUT2D eigenvalue weighted by molar-refractivity contribution is 0.844. The molecule has 0 fully saturated rings. The first kappa shape index (κ1) is 10.8. The molecule has 84 valence electrons. The van der Waals surface area contributed by atoms with Crippen LogP contribution in [0.15, 0.2) is 18.2 Å². The van der Waals surface area contributed by atoms with Gasteiger partial charge in [-0.2, -0.15) is 0 Å². The van der Waals surface area contributed by atoms with E-state index in [1.807, 2.05) is 25.1 Å². The SMILES string of the molecule is CCCc1nc(NN)c2cccc(C)c2n1.